The first-order valence-corrected chi connectivity index (χ1v) is 11.3. The summed E-state index contributed by atoms with van der Waals surface area (Å²) in [5.41, 5.74) is 8.61. The maximum Gasteiger partial charge on any atom is 0.272 e. The lowest BCUT2D eigenvalue weighted by molar-refractivity contribution is -0.139. The highest BCUT2D eigenvalue weighted by Crippen LogP contribution is 2.28. The Hall–Kier alpha value is -2.96. The van der Waals surface area contributed by atoms with Gasteiger partial charge in [-0.3, -0.25) is 19.4 Å². The number of unbranched alkanes of at least 4 members (excludes halogenated alkanes) is 1. The Balaban J connectivity index is 2.50. The van der Waals surface area contributed by atoms with Crippen LogP contribution in [0.25, 0.3) is 0 Å². The predicted molar refractivity (Wildman–Crippen MR) is 128 cm³/mol. The van der Waals surface area contributed by atoms with Crippen molar-refractivity contribution in [2.24, 2.45) is 16.6 Å². The number of para-hydroxylation sites is 1. The quantitative estimate of drug-likeness (QED) is 0.532. The molecular weight excluding hydrogens is 404 g/mol. The number of hydrogen-bond donors (Lipinski definition) is 1. The largest absolute Gasteiger partial charge is 0.370 e. The van der Waals surface area contributed by atoms with E-state index in [1.54, 1.807) is 11.9 Å². The van der Waals surface area contributed by atoms with Gasteiger partial charge in [0.2, 0.25) is 18.0 Å². The van der Waals surface area contributed by atoms with E-state index in [1.807, 2.05) is 24.3 Å². The van der Waals surface area contributed by atoms with Crippen molar-refractivity contribution in [3.63, 3.8) is 0 Å². The average Bonchev–Trinajstić information content (AvgIpc) is 2.84. The van der Waals surface area contributed by atoms with Crippen LogP contribution in [0.4, 0.5) is 5.69 Å². The number of rotatable bonds is 11. The molecular formula is C25H36N4O3. The fourth-order valence-electron chi connectivity index (χ4n) is 3.89. The molecule has 0 saturated heterocycles. The van der Waals surface area contributed by atoms with Crippen molar-refractivity contribution < 1.29 is 14.4 Å². The van der Waals surface area contributed by atoms with Crippen LogP contribution in [0.2, 0.25) is 0 Å². The molecule has 1 aliphatic heterocycles. The Morgan fingerprint density at radius 1 is 1.25 bits per heavy atom. The second-order valence-electron chi connectivity index (χ2n) is 8.80. The van der Waals surface area contributed by atoms with Crippen LogP contribution in [0.5, 0.6) is 0 Å². The van der Waals surface area contributed by atoms with E-state index in [0.29, 0.717) is 12.3 Å². The van der Waals surface area contributed by atoms with E-state index in [9.17, 15) is 14.4 Å². The van der Waals surface area contributed by atoms with Gasteiger partial charge < -0.3 is 15.5 Å². The van der Waals surface area contributed by atoms with Crippen LogP contribution in [0.3, 0.4) is 0 Å². The van der Waals surface area contributed by atoms with E-state index in [-0.39, 0.29) is 31.2 Å². The summed E-state index contributed by atoms with van der Waals surface area (Å²) >= 11 is 0. The zero-order valence-electron chi connectivity index (χ0n) is 19.8. The number of fused-ring (bicyclic) bond motifs is 1. The molecule has 2 rings (SSSR count). The molecule has 0 bridgehead atoms. The van der Waals surface area contributed by atoms with Crippen LogP contribution in [-0.4, -0.2) is 48.1 Å². The second-order valence-corrected chi connectivity index (χ2v) is 8.80. The molecule has 0 aliphatic carbocycles. The predicted octanol–water partition coefficient (Wildman–Crippen LogP) is 3.66. The summed E-state index contributed by atoms with van der Waals surface area (Å²) in [6.45, 7) is 10.6. The van der Waals surface area contributed by atoms with Crippen LogP contribution in [0.15, 0.2) is 41.4 Å². The molecule has 0 saturated carbocycles. The van der Waals surface area contributed by atoms with Gasteiger partial charge in [-0.05, 0) is 31.2 Å². The first kappa shape index (κ1) is 25.3. The molecule has 0 fully saturated rings. The summed E-state index contributed by atoms with van der Waals surface area (Å²) < 4.78 is 0. The van der Waals surface area contributed by atoms with E-state index in [1.165, 1.54) is 4.90 Å². The third kappa shape index (κ3) is 6.52. The monoisotopic (exact) mass is 440 g/mol. The molecule has 7 nitrogen and oxygen atoms in total. The number of benzodiazepines with no additional fused rings is 1. The van der Waals surface area contributed by atoms with Crippen LogP contribution in [-0.2, 0) is 14.4 Å². The number of amides is 3. The molecule has 1 aromatic carbocycles. The number of benzene rings is 1. The summed E-state index contributed by atoms with van der Waals surface area (Å²) in [4.78, 5) is 45.8. The van der Waals surface area contributed by atoms with Gasteiger partial charge >= 0.3 is 0 Å². The molecule has 3 amide bonds. The van der Waals surface area contributed by atoms with Gasteiger partial charge in [0.15, 0.2) is 0 Å². The van der Waals surface area contributed by atoms with Crippen molar-refractivity contribution in [1.29, 1.82) is 0 Å². The lowest BCUT2D eigenvalue weighted by atomic mass is 10.0. The molecule has 0 spiro atoms. The highest BCUT2D eigenvalue weighted by molar-refractivity contribution is 6.13. The highest BCUT2D eigenvalue weighted by atomic mass is 16.2. The van der Waals surface area contributed by atoms with E-state index in [4.69, 9.17) is 10.7 Å². The number of likely N-dealkylation sites (N-methyl/N-ethyl adjacent to an activating group) is 1. The SMILES string of the molecule is C=C(CC(C)C)CN(C(=O)CCC(N)=O)C1N=C(CCCC)c2ccccc2N(C)C1=O. The van der Waals surface area contributed by atoms with Gasteiger partial charge in [0, 0.05) is 37.7 Å². The topological polar surface area (TPSA) is 96.1 Å². The molecule has 0 radical (unpaired) electrons. The zero-order valence-corrected chi connectivity index (χ0v) is 19.8. The standard InChI is InChI=1S/C25H36N4O3/c1-6-7-11-20-19-10-8-9-12-21(19)28(5)25(32)24(27-20)29(16-18(4)15-17(2)3)23(31)14-13-22(26)30/h8-10,12,17,24H,4,6-7,11,13-16H2,1-3,5H3,(H2,26,30). The number of carbonyl (C=O) groups excluding carboxylic acids is 3. The van der Waals surface area contributed by atoms with Gasteiger partial charge in [0.25, 0.3) is 5.91 Å². The summed E-state index contributed by atoms with van der Waals surface area (Å²) in [6.07, 6.45) is 2.20. The van der Waals surface area contributed by atoms with Crippen LogP contribution >= 0.6 is 0 Å². The molecule has 2 N–H and O–H groups in total. The minimum absolute atomic E-state index is 0.0649. The Morgan fingerprint density at radius 3 is 2.56 bits per heavy atom. The van der Waals surface area contributed by atoms with Gasteiger partial charge in [-0.25, -0.2) is 0 Å². The van der Waals surface area contributed by atoms with Crippen LogP contribution < -0.4 is 10.6 Å². The van der Waals surface area contributed by atoms with Gasteiger partial charge in [0.1, 0.15) is 0 Å². The Labute approximate surface area is 191 Å². The fraction of sp³-hybridized carbons (Fsp3) is 0.520. The van der Waals surface area contributed by atoms with Gasteiger partial charge in [-0.2, -0.15) is 0 Å². The molecule has 1 atom stereocenters. The highest BCUT2D eigenvalue weighted by Gasteiger charge is 2.35. The average molecular weight is 441 g/mol. The minimum atomic E-state index is -1.01. The fourth-order valence-corrected chi connectivity index (χ4v) is 3.89. The summed E-state index contributed by atoms with van der Waals surface area (Å²) in [5, 5.41) is 0. The number of nitrogens with zero attached hydrogens (tertiary/aromatic N) is 3. The van der Waals surface area contributed by atoms with Crippen LogP contribution in [0, 0.1) is 5.92 Å². The molecule has 1 heterocycles. The van der Waals surface area contributed by atoms with Gasteiger partial charge in [-0.1, -0.05) is 57.5 Å². The summed E-state index contributed by atoms with van der Waals surface area (Å²) in [5.74, 6) is -0.799. The second kappa shape index (κ2) is 11.6. The van der Waals surface area contributed by atoms with Crippen molar-refractivity contribution in [2.75, 3.05) is 18.5 Å². The van der Waals surface area contributed by atoms with E-state index in [2.05, 4.69) is 27.4 Å². The summed E-state index contributed by atoms with van der Waals surface area (Å²) in [7, 11) is 1.71. The third-order valence-corrected chi connectivity index (χ3v) is 5.46. The van der Waals surface area contributed by atoms with E-state index < -0.39 is 12.1 Å². The molecule has 1 aliphatic rings. The smallest absolute Gasteiger partial charge is 0.272 e. The van der Waals surface area contributed by atoms with Crippen molar-refractivity contribution >= 4 is 29.1 Å². The zero-order chi connectivity index (χ0) is 23.8. The number of aliphatic imine (C=N–C) groups is 1. The first-order valence-electron chi connectivity index (χ1n) is 11.3. The van der Waals surface area contributed by atoms with Crippen molar-refractivity contribution in [1.82, 2.24) is 4.90 Å². The molecule has 32 heavy (non-hydrogen) atoms. The van der Waals surface area contributed by atoms with Crippen molar-refractivity contribution in [3.8, 4) is 0 Å². The number of anilines is 1. The minimum Gasteiger partial charge on any atom is -0.370 e. The van der Waals surface area contributed by atoms with Gasteiger partial charge in [0.05, 0.1) is 5.69 Å². The normalized spacial score (nSPS) is 15.8. The Morgan fingerprint density at radius 2 is 1.94 bits per heavy atom. The lowest BCUT2D eigenvalue weighted by Crippen LogP contribution is -2.49. The van der Waals surface area contributed by atoms with E-state index in [0.717, 1.165) is 41.8 Å². The van der Waals surface area contributed by atoms with E-state index >= 15 is 0 Å². The molecule has 1 unspecified atom stereocenters. The van der Waals surface area contributed by atoms with Crippen molar-refractivity contribution in [2.45, 2.75) is 65.5 Å². The van der Waals surface area contributed by atoms with Crippen molar-refractivity contribution in [3.05, 3.63) is 42.0 Å². The van der Waals surface area contributed by atoms with Gasteiger partial charge in [-0.15, -0.1) is 0 Å². The number of primary amides is 1. The maximum absolute atomic E-state index is 13.5. The maximum atomic E-state index is 13.5. The number of carbonyl (C=O) groups is 3. The first-order chi connectivity index (χ1) is 15.1. The molecule has 1 aromatic rings. The Bertz CT molecular complexity index is 891. The summed E-state index contributed by atoms with van der Waals surface area (Å²) in [6, 6.07) is 7.68. The number of hydrogen-bond acceptors (Lipinski definition) is 4. The molecule has 0 aromatic heterocycles. The molecule has 7 heteroatoms. The van der Waals surface area contributed by atoms with Crippen LogP contribution in [0.1, 0.15) is 64.9 Å². The third-order valence-electron chi connectivity index (χ3n) is 5.46. The number of nitrogens with two attached hydrogens (primary N) is 1. The Kier molecular flexibility index (Phi) is 9.17. The lowest BCUT2D eigenvalue weighted by Gasteiger charge is -2.31. The molecule has 174 valence electrons.